The number of aliphatic hydroxyl groups excluding tert-OH is 2. The summed E-state index contributed by atoms with van der Waals surface area (Å²) in [6, 6.07) is 12.0. The fourth-order valence-corrected chi connectivity index (χ4v) is 7.54. The van der Waals surface area contributed by atoms with Crippen molar-refractivity contribution in [2.24, 2.45) is 14.1 Å². The number of aryl methyl sites for hydroxylation is 2. The summed E-state index contributed by atoms with van der Waals surface area (Å²) in [5.74, 6) is 13.4. The third-order valence-electron chi connectivity index (χ3n) is 10.1. The van der Waals surface area contributed by atoms with Crippen molar-refractivity contribution in [3.05, 3.63) is 118 Å². The van der Waals surface area contributed by atoms with Gasteiger partial charge in [-0.2, -0.15) is 9.97 Å². The van der Waals surface area contributed by atoms with Gasteiger partial charge in [-0.15, -0.1) is 0 Å². The fraction of sp³-hybridized carbons (Fsp3) is 0.286. The summed E-state index contributed by atoms with van der Waals surface area (Å²) in [5, 5.41) is 21.5. The predicted molar refractivity (Wildman–Crippen MR) is 226 cm³/mol. The van der Waals surface area contributed by atoms with E-state index in [1.54, 1.807) is 34.2 Å². The van der Waals surface area contributed by atoms with E-state index in [9.17, 15) is 10.2 Å². The molecule has 58 heavy (non-hydrogen) atoms. The van der Waals surface area contributed by atoms with Crippen molar-refractivity contribution in [3.63, 3.8) is 0 Å². The number of hydrogen-bond acceptors (Lipinski definition) is 12. The Morgan fingerprint density at radius 2 is 1.05 bits per heavy atom. The summed E-state index contributed by atoms with van der Waals surface area (Å²) >= 11 is 12.7. The zero-order valence-corrected chi connectivity index (χ0v) is 34.3. The van der Waals surface area contributed by atoms with Gasteiger partial charge in [0.15, 0.2) is 23.8 Å². The van der Waals surface area contributed by atoms with E-state index in [4.69, 9.17) is 34.7 Å². The lowest BCUT2D eigenvalue weighted by molar-refractivity contribution is 0.229. The summed E-state index contributed by atoms with van der Waals surface area (Å²) in [4.78, 5) is 28.7. The monoisotopic (exact) mass is 816 g/mol. The number of rotatable bonds is 4. The topological polar surface area (TPSA) is 186 Å². The molecule has 6 heterocycles. The van der Waals surface area contributed by atoms with Crippen molar-refractivity contribution >= 4 is 58.1 Å². The maximum absolute atomic E-state index is 10.3. The highest BCUT2D eigenvalue weighted by atomic mass is 35.5. The molecular weight excluding hydrogens is 775 g/mol. The van der Waals surface area contributed by atoms with Crippen LogP contribution < -0.4 is 21.3 Å². The molecule has 0 aliphatic carbocycles. The highest BCUT2D eigenvalue weighted by Crippen LogP contribution is 2.47. The SMILES string of the molecule is Cn1cncc1[C@@H](O)C#Cc1ccc2c(c1)N(c1nc(N)ncc1Cl)CC2(C)C.Cn1cncc1[C@H](O)C#Cc1ccc2c(c1)N(c1nc(N)ncc1Cl)CC2(C)C. The number of nitrogens with two attached hydrogens (primary N) is 2. The quantitative estimate of drug-likeness (QED) is 0.154. The van der Waals surface area contributed by atoms with Crippen molar-refractivity contribution < 1.29 is 10.2 Å². The normalized spacial score (nSPS) is 15.6. The minimum Gasteiger partial charge on any atom is -0.374 e. The second kappa shape index (κ2) is 15.6. The molecule has 4 aromatic heterocycles. The molecule has 296 valence electrons. The first kappa shape index (κ1) is 40.1. The summed E-state index contributed by atoms with van der Waals surface area (Å²) in [6.45, 7) is 10.1. The Hall–Kier alpha value is -6.16. The van der Waals surface area contributed by atoms with Crippen LogP contribution in [0.15, 0.2) is 73.8 Å². The van der Waals surface area contributed by atoms with E-state index in [-0.39, 0.29) is 22.7 Å². The standard InChI is InChI=1S/2C21H21ClN6O/c2*1-21(2)11-28(19-15(22)9-25-20(23)26-19)16-8-13(4-6-14(16)21)5-7-18(29)17-10-24-12-27(17)3/h2*4,6,8-10,12,18,29H,11H2,1-3H3,(H2,23,25,26)/t2*18-/m10/s1. The lowest BCUT2D eigenvalue weighted by atomic mass is 9.86. The molecule has 14 nitrogen and oxygen atoms in total. The van der Waals surface area contributed by atoms with Crippen LogP contribution >= 0.6 is 23.2 Å². The number of imidazole rings is 2. The fourth-order valence-electron chi connectivity index (χ4n) is 7.15. The van der Waals surface area contributed by atoms with Gasteiger partial charge in [-0.3, -0.25) is 0 Å². The van der Waals surface area contributed by atoms with Gasteiger partial charge in [-0.25, -0.2) is 19.9 Å². The van der Waals surface area contributed by atoms with Gasteiger partial charge in [0.05, 0.1) is 48.8 Å². The zero-order valence-electron chi connectivity index (χ0n) is 32.8. The van der Waals surface area contributed by atoms with E-state index in [1.165, 1.54) is 23.5 Å². The van der Waals surface area contributed by atoms with Gasteiger partial charge in [-0.1, -0.05) is 86.7 Å². The minimum absolute atomic E-state index is 0.0987. The molecule has 2 aliphatic heterocycles. The van der Waals surface area contributed by atoms with Crippen LogP contribution in [0.1, 0.15) is 73.5 Å². The van der Waals surface area contributed by atoms with E-state index in [1.807, 2.05) is 48.2 Å². The minimum atomic E-state index is -0.917. The lowest BCUT2D eigenvalue weighted by Gasteiger charge is -2.22. The maximum atomic E-state index is 10.3. The second-order valence-corrected chi connectivity index (χ2v) is 16.2. The van der Waals surface area contributed by atoms with Crippen molar-refractivity contribution in [1.82, 2.24) is 39.0 Å². The van der Waals surface area contributed by atoms with Gasteiger partial charge in [0, 0.05) is 60.5 Å². The number of hydrogen-bond donors (Lipinski definition) is 4. The molecule has 8 rings (SSSR count). The Bertz CT molecular complexity index is 2470. The van der Waals surface area contributed by atoms with Crippen LogP contribution in [0.2, 0.25) is 10.0 Å². The Morgan fingerprint density at radius 1 is 0.655 bits per heavy atom. The number of nitrogen functional groups attached to an aromatic ring is 2. The Kier molecular flexibility index (Phi) is 10.8. The second-order valence-electron chi connectivity index (χ2n) is 15.4. The first-order valence-electron chi connectivity index (χ1n) is 18.2. The summed E-state index contributed by atoms with van der Waals surface area (Å²) in [7, 11) is 3.64. The molecule has 0 saturated carbocycles. The predicted octanol–water partition coefficient (Wildman–Crippen LogP) is 5.92. The van der Waals surface area contributed by atoms with Crippen LogP contribution in [0, 0.1) is 23.7 Å². The van der Waals surface area contributed by atoms with Crippen LogP contribution in [-0.4, -0.2) is 62.3 Å². The molecule has 0 unspecified atom stereocenters. The van der Waals surface area contributed by atoms with E-state index >= 15 is 0 Å². The van der Waals surface area contributed by atoms with E-state index in [0.717, 1.165) is 22.5 Å². The molecule has 2 aliphatic rings. The molecule has 0 fully saturated rings. The first-order chi connectivity index (χ1) is 27.5. The van der Waals surface area contributed by atoms with Crippen LogP contribution in [0.25, 0.3) is 0 Å². The van der Waals surface area contributed by atoms with Crippen LogP contribution in [-0.2, 0) is 24.9 Å². The third-order valence-corrected chi connectivity index (χ3v) is 10.6. The number of anilines is 6. The van der Waals surface area contributed by atoms with Crippen molar-refractivity contribution in [1.29, 1.82) is 0 Å². The highest BCUT2D eigenvalue weighted by molar-refractivity contribution is 6.33. The van der Waals surface area contributed by atoms with Gasteiger partial charge in [0.1, 0.15) is 10.0 Å². The van der Waals surface area contributed by atoms with E-state index in [0.29, 0.717) is 46.2 Å². The largest absolute Gasteiger partial charge is 0.374 e. The Balaban J connectivity index is 0.000000177. The summed E-state index contributed by atoms with van der Waals surface area (Å²) in [5.41, 5.74) is 18.5. The number of aromatic nitrogens is 8. The zero-order chi connectivity index (χ0) is 41.5. The molecule has 6 N–H and O–H groups in total. The van der Waals surface area contributed by atoms with Crippen molar-refractivity contribution in [2.45, 2.75) is 50.7 Å². The number of nitrogens with zero attached hydrogens (tertiary/aromatic N) is 10. The highest BCUT2D eigenvalue weighted by Gasteiger charge is 2.38. The molecule has 0 spiro atoms. The van der Waals surface area contributed by atoms with Crippen LogP contribution in [0.4, 0.5) is 34.9 Å². The molecule has 16 heteroatoms. The maximum Gasteiger partial charge on any atom is 0.222 e. The molecule has 2 aromatic carbocycles. The van der Waals surface area contributed by atoms with Gasteiger partial charge in [0.2, 0.25) is 11.9 Å². The van der Waals surface area contributed by atoms with Gasteiger partial charge in [0.25, 0.3) is 0 Å². The van der Waals surface area contributed by atoms with Crippen molar-refractivity contribution in [3.8, 4) is 23.7 Å². The average Bonchev–Trinajstić information content (AvgIpc) is 3.95. The number of fused-ring (bicyclic) bond motifs is 2. The average molecular weight is 818 g/mol. The third kappa shape index (κ3) is 8.01. The van der Waals surface area contributed by atoms with E-state index in [2.05, 4.69) is 93.4 Å². The Labute approximate surface area is 346 Å². The molecule has 6 aromatic rings. The molecule has 0 bridgehead atoms. The molecule has 0 radical (unpaired) electrons. The van der Waals surface area contributed by atoms with Crippen LogP contribution in [0.5, 0.6) is 0 Å². The first-order valence-corrected chi connectivity index (χ1v) is 19.0. The van der Waals surface area contributed by atoms with Gasteiger partial charge in [-0.05, 0) is 35.4 Å². The lowest BCUT2D eigenvalue weighted by Crippen LogP contribution is -2.26. The van der Waals surface area contributed by atoms with E-state index < -0.39 is 12.2 Å². The van der Waals surface area contributed by atoms with Gasteiger partial charge < -0.3 is 40.6 Å². The molecule has 0 saturated heterocycles. The number of halogens is 2. The molecule has 0 amide bonds. The number of aliphatic hydroxyl groups is 2. The van der Waals surface area contributed by atoms with Crippen LogP contribution in [0.3, 0.4) is 0 Å². The summed E-state index contributed by atoms with van der Waals surface area (Å²) < 4.78 is 3.49. The van der Waals surface area contributed by atoms with Gasteiger partial charge >= 0.3 is 0 Å². The van der Waals surface area contributed by atoms with Crippen molar-refractivity contribution in [2.75, 3.05) is 34.4 Å². The molecule has 2 atom stereocenters. The number of benzene rings is 2. The molecular formula is C42H42Cl2N12O2. The Morgan fingerprint density at radius 3 is 1.41 bits per heavy atom. The summed E-state index contributed by atoms with van der Waals surface area (Å²) in [6.07, 6.45) is 7.66. The smallest absolute Gasteiger partial charge is 0.222 e.